The fourth-order valence-corrected chi connectivity index (χ4v) is 0.833. The summed E-state index contributed by atoms with van der Waals surface area (Å²) in [7, 11) is 0. The summed E-state index contributed by atoms with van der Waals surface area (Å²) in [5.74, 6) is -0.359. The lowest BCUT2D eigenvalue weighted by atomic mass is 10.1. The summed E-state index contributed by atoms with van der Waals surface area (Å²) in [6.07, 6.45) is 0.635. The van der Waals surface area contributed by atoms with Gasteiger partial charge in [-0.2, -0.15) is 0 Å². The Bertz CT molecular complexity index is 236. The number of aldehydes is 1. The highest BCUT2D eigenvalue weighted by Crippen LogP contribution is 2.05. The van der Waals surface area contributed by atoms with Crippen LogP contribution in [0.4, 0.5) is 4.39 Å². The van der Waals surface area contributed by atoms with Crippen LogP contribution in [0.1, 0.15) is 29.8 Å². The van der Waals surface area contributed by atoms with E-state index in [0.29, 0.717) is 11.8 Å². The van der Waals surface area contributed by atoms with Crippen molar-refractivity contribution in [3.05, 3.63) is 35.1 Å². The van der Waals surface area contributed by atoms with Gasteiger partial charge in [-0.1, -0.05) is 13.8 Å². The lowest BCUT2D eigenvalue weighted by molar-refractivity contribution is 0.112. The molecule has 0 unspecified atom stereocenters. The Morgan fingerprint density at radius 1 is 1.25 bits per heavy atom. The number of hydrogen-bond acceptors (Lipinski definition) is 1. The molecule has 0 aliphatic rings. The quantitative estimate of drug-likeness (QED) is 0.589. The first-order chi connectivity index (χ1) is 5.72. The first-order valence-corrected chi connectivity index (χ1v) is 3.95. The van der Waals surface area contributed by atoms with Crippen molar-refractivity contribution < 1.29 is 9.18 Å². The van der Waals surface area contributed by atoms with Gasteiger partial charge in [-0.3, -0.25) is 4.79 Å². The van der Waals surface area contributed by atoms with Gasteiger partial charge in [-0.15, -0.1) is 0 Å². The molecular formula is C10H13FO. The van der Waals surface area contributed by atoms with Crippen LogP contribution in [0, 0.1) is 12.7 Å². The standard InChI is InChI=1S/C8H7FO.C2H6/c1-6-2-7(5-10)4-8(9)3-6;1-2/h2-5H,1H3;1-2H3. The Balaban J connectivity index is 0.000000561. The molecule has 0 saturated heterocycles. The van der Waals surface area contributed by atoms with E-state index < -0.39 is 0 Å². The molecule has 0 N–H and O–H groups in total. The molecular weight excluding hydrogens is 155 g/mol. The molecule has 1 aromatic rings. The average Bonchev–Trinajstić information content (AvgIpc) is 2.06. The number of carbonyl (C=O) groups is 1. The van der Waals surface area contributed by atoms with E-state index >= 15 is 0 Å². The van der Waals surface area contributed by atoms with E-state index in [-0.39, 0.29) is 5.82 Å². The number of benzene rings is 1. The molecule has 0 amide bonds. The van der Waals surface area contributed by atoms with Crippen LogP contribution in [0.5, 0.6) is 0 Å². The monoisotopic (exact) mass is 168 g/mol. The molecule has 1 rings (SSSR count). The summed E-state index contributed by atoms with van der Waals surface area (Å²) < 4.78 is 12.5. The Hall–Kier alpha value is -1.18. The number of aryl methyl sites for hydroxylation is 1. The molecule has 0 heterocycles. The molecule has 1 aromatic carbocycles. The summed E-state index contributed by atoms with van der Waals surface area (Å²) in [5, 5.41) is 0. The third-order valence-corrected chi connectivity index (χ3v) is 1.20. The second-order valence-corrected chi connectivity index (χ2v) is 2.18. The fraction of sp³-hybridized carbons (Fsp3) is 0.300. The summed E-state index contributed by atoms with van der Waals surface area (Å²) >= 11 is 0. The summed E-state index contributed by atoms with van der Waals surface area (Å²) in [5.41, 5.74) is 1.15. The van der Waals surface area contributed by atoms with Crippen molar-refractivity contribution in [1.82, 2.24) is 0 Å². The zero-order valence-electron chi connectivity index (χ0n) is 7.60. The minimum absolute atomic E-state index is 0.359. The Morgan fingerprint density at radius 3 is 2.25 bits per heavy atom. The largest absolute Gasteiger partial charge is 0.298 e. The number of halogens is 1. The van der Waals surface area contributed by atoms with Crippen molar-refractivity contribution in [2.45, 2.75) is 20.8 Å². The molecule has 0 bridgehead atoms. The van der Waals surface area contributed by atoms with Gasteiger partial charge in [0.25, 0.3) is 0 Å². The van der Waals surface area contributed by atoms with Gasteiger partial charge in [0.1, 0.15) is 12.1 Å². The Morgan fingerprint density at radius 2 is 1.83 bits per heavy atom. The van der Waals surface area contributed by atoms with Crippen molar-refractivity contribution in [2.75, 3.05) is 0 Å². The molecule has 0 aliphatic carbocycles. The van der Waals surface area contributed by atoms with Crippen molar-refractivity contribution in [3.8, 4) is 0 Å². The number of carbonyl (C=O) groups excluding carboxylic acids is 1. The van der Waals surface area contributed by atoms with E-state index in [1.807, 2.05) is 13.8 Å². The van der Waals surface area contributed by atoms with Crippen molar-refractivity contribution in [2.24, 2.45) is 0 Å². The molecule has 0 radical (unpaired) electrons. The van der Waals surface area contributed by atoms with Crippen LogP contribution in [0.15, 0.2) is 18.2 Å². The van der Waals surface area contributed by atoms with E-state index in [4.69, 9.17) is 0 Å². The van der Waals surface area contributed by atoms with Crippen LogP contribution in [0.2, 0.25) is 0 Å². The highest BCUT2D eigenvalue weighted by Gasteiger charge is 1.94. The maximum Gasteiger partial charge on any atom is 0.150 e. The van der Waals surface area contributed by atoms with Gasteiger partial charge < -0.3 is 0 Å². The van der Waals surface area contributed by atoms with Crippen LogP contribution in [-0.2, 0) is 0 Å². The van der Waals surface area contributed by atoms with Gasteiger partial charge >= 0.3 is 0 Å². The minimum Gasteiger partial charge on any atom is -0.298 e. The SMILES string of the molecule is CC.Cc1cc(F)cc(C=O)c1. The number of rotatable bonds is 1. The van der Waals surface area contributed by atoms with E-state index in [2.05, 4.69) is 0 Å². The zero-order valence-corrected chi connectivity index (χ0v) is 7.60. The molecule has 0 saturated carbocycles. The average molecular weight is 168 g/mol. The second kappa shape index (κ2) is 5.47. The molecule has 0 atom stereocenters. The topological polar surface area (TPSA) is 17.1 Å². The maximum absolute atomic E-state index is 12.5. The van der Waals surface area contributed by atoms with Gasteiger partial charge in [0.15, 0.2) is 0 Å². The normalized spacial score (nSPS) is 8.33. The minimum atomic E-state index is -0.359. The van der Waals surface area contributed by atoms with Crippen LogP contribution in [0.3, 0.4) is 0 Å². The van der Waals surface area contributed by atoms with E-state index in [1.54, 1.807) is 13.0 Å². The smallest absolute Gasteiger partial charge is 0.150 e. The molecule has 2 heteroatoms. The van der Waals surface area contributed by atoms with Crippen molar-refractivity contribution >= 4 is 6.29 Å². The zero-order chi connectivity index (χ0) is 9.56. The van der Waals surface area contributed by atoms with Gasteiger partial charge in [-0.25, -0.2) is 4.39 Å². The lowest BCUT2D eigenvalue weighted by Crippen LogP contribution is -1.83. The van der Waals surface area contributed by atoms with E-state index in [1.165, 1.54) is 12.1 Å². The van der Waals surface area contributed by atoms with E-state index in [0.717, 1.165) is 5.56 Å². The summed E-state index contributed by atoms with van der Waals surface area (Å²) in [6.45, 7) is 5.75. The highest BCUT2D eigenvalue weighted by molar-refractivity contribution is 5.74. The molecule has 0 aliphatic heterocycles. The molecule has 0 fully saturated rings. The van der Waals surface area contributed by atoms with Crippen molar-refractivity contribution in [3.63, 3.8) is 0 Å². The van der Waals surface area contributed by atoms with Crippen LogP contribution in [0.25, 0.3) is 0 Å². The predicted molar refractivity (Wildman–Crippen MR) is 47.9 cm³/mol. The van der Waals surface area contributed by atoms with E-state index in [9.17, 15) is 9.18 Å². The van der Waals surface area contributed by atoms with Gasteiger partial charge in [0.2, 0.25) is 0 Å². The fourth-order valence-electron chi connectivity index (χ4n) is 0.833. The summed E-state index contributed by atoms with van der Waals surface area (Å²) in [4.78, 5) is 10.1. The van der Waals surface area contributed by atoms with Crippen LogP contribution >= 0.6 is 0 Å². The Labute approximate surface area is 72.2 Å². The second-order valence-electron chi connectivity index (χ2n) is 2.18. The van der Waals surface area contributed by atoms with Crippen molar-refractivity contribution in [1.29, 1.82) is 0 Å². The summed E-state index contributed by atoms with van der Waals surface area (Å²) in [6, 6.07) is 4.23. The molecule has 1 nitrogen and oxygen atoms in total. The maximum atomic E-state index is 12.5. The first-order valence-electron chi connectivity index (χ1n) is 3.95. The first kappa shape index (κ1) is 10.8. The van der Waals surface area contributed by atoms with Gasteiger partial charge in [0, 0.05) is 5.56 Å². The Kier molecular flexibility index (Phi) is 4.93. The third kappa shape index (κ3) is 3.28. The lowest BCUT2D eigenvalue weighted by Gasteiger charge is -1.93. The van der Waals surface area contributed by atoms with Crippen LogP contribution < -0.4 is 0 Å². The molecule has 0 spiro atoms. The highest BCUT2D eigenvalue weighted by atomic mass is 19.1. The third-order valence-electron chi connectivity index (χ3n) is 1.20. The number of hydrogen-bond donors (Lipinski definition) is 0. The van der Waals surface area contributed by atoms with Crippen LogP contribution in [-0.4, -0.2) is 6.29 Å². The molecule has 66 valence electrons. The predicted octanol–water partition coefficient (Wildman–Crippen LogP) is 2.97. The van der Waals surface area contributed by atoms with Gasteiger partial charge in [-0.05, 0) is 30.7 Å². The molecule has 0 aromatic heterocycles. The van der Waals surface area contributed by atoms with Gasteiger partial charge in [0.05, 0.1) is 0 Å². The molecule has 12 heavy (non-hydrogen) atoms.